The highest BCUT2D eigenvalue weighted by molar-refractivity contribution is 7.86. The second-order valence-corrected chi connectivity index (χ2v) is 15.4. The number of phenols is 1. The van der Waals surface area contributed by atoms with Crippen molar-refractivity contribution >= 4 is 90.5 Å². The van der Waals surface area contributed by atoms with Crippen LogP contribution in [0, 0.1) is 0 Å². The van der Waals surface area contributed by atoms with Gasteiger partial charge in [-0.25, -0.2) is 0 Å². The molecule has 7 N–H and O–H groups in total. The van der Waals surface area contributed by atoms with Crippen LogP contribution in [-0.2, 0) is 40.5 Å². The van der Waals surface area contributed by atoms with Crippen molar-refractivity contribution in [1.82, 2.24) is 0 Å². The second kappa shape index (κ2) is 11.9. The smallest absolute Gasteiger partial charge is 0.296 e. The molecule has 0 unspecified atom stereocenters. The van der Waals surface area contributed by atoms with Gasteiger partial charge in [-0.2, -0.15) is 38.8 Å². The van der Waals surface area contributed by atoms with Gasteiger partial charge in [-0.3, -0.25) is 18.2 Å². The molecule has 0 saturated carbocycles. The van der Waals surface area contributed by atoms with Crippen LogP contribution in [0.25, 0.3) is 21.5 Å². The van der Waals surface area contributed by atoms with E-state index < -0.39 is 77.2 Å². The predicted octanol–water partition coefficient (Wildman–Crippen LogP) is 5.10. The van der Waals surface area contributed by atoms with Crippen molar-refractivity contribution in [2.24, 2.45) is 20.5 Å². The van der Waals surface area contributed by atoms with Gasteiger partial charge in [0.2, 0.25) is 0 Å². The summed E-state index contributed by atoms with van der Waals surface area (Å²) in [4.78, 5) is -2.76. The van der Waals surface area contributed by atoms with Crippen LogP contribution in [0.4, 0.5) is 28.4 Å². The van der Waals surface area contributed by atoms with Crippen LogP contribution in [-0.4, -0.2) is 57.0 Å². The first-order chi connectivity index (χ1) is 22.1. The van der Waals surface area contributed by atoms with Gasteiger partial charge in [0.1, 0.15) is 15.5 Å². The molecular weight excluding hydrogens is 719 g/mol. The minimum Gasteiger partial charge on any atom is -0.505 e. The molecule has 48 heavy (non-hydrogen) atoms. The summed E-state index contributed by atoms with van der Waals surface area (Å²) < 4.78 is 132. The number of azo groups is 2. The lowest BCUT2D eigenvalue weighted by atomic mass is 10.1. The van der Waals surface area contributed by atoms with Crippen LogP contribution in [0.2, 0.25) is 0 Å². The first-order valence-electron chi connectivity index (χ1n) is 12.6. The summed E-state index contributed by atoms with van der Waals surface area (Å²) in [6.45, 7) is 0. The first kappa shape index (κ1) is 34.4. The van der Waals surface area contributed by atoms with E-state index >= 15 is 0 Å². The van der Waals surface area contributed by atoms with E-state index in [1.807, 2.05) is 0 Å². The first-order valence-corrected chi connectivity index (χ1v) is 18.4. The molecule has 0 atom stereocenters. The number of hydrogen-bond acceptors (Lipinski definition) is 14. The number of anilines is 1. The molecule has 5 aromatic carbocycles. The Morgan fingerprint density at radius 2 is 1.02 bits per heavy atom. The summed E-state index contributed by atoms with van der Waals surface area (Å²) in [5.41, 5.74) is 4.44. The van der Waals surface area contributed by atoms with Crippen LogP contribution in [0.5, 0.6) is 5.75 Å². The fourth-order valence-electron chi connectivity index (χ4n) is 4.44. The molecule has 0 spiro atoms. The zero-order valence-electron chi connectivity index (χ0n) is 23.4. The Morgan fingerprint density at radius 3 is 1.58 bits per heavy atom. The molecule has 0 aliphatic heterocycles. The van der Waals surface area contributed by atoms with Gasteiger partial charge >= 0.3 is 0 Å². The lowest BCUT2D eigenvalue weighted by molar-refractivity contribution is 0.472. The molecule has 5 rings (SSSR count). The van der Waals surface area contributed by atoms with Gasteiger partial charge in [0, 0.05) is 16.2 Å². The van der Waals surface area contributed by atoms with E-state index in [4.69, 9.17) is 10.3 Å². The van der Waals surface area contributed by atoms with Crippen LogP contribution < -0.4 is 5.73 Å². The number of benzene rings is 5. The van der Waals surface area contributed by atoms with Crippen molar-refractivity contribution in [2.75, 3.05) is 5.73 Å². The minimum atomic E-state index is -5.15. The van der Waals surface area contributed by atoms with E-state index in [-0.39, 0.29) is 38.6 Å². The molecule has 0 amide bonds. The molecule has 0 aromatic heterocycles. The Kier molecular flexibility index (Phi) is 8.56. The number of phenolic OH excluding ortho intramolecular Hbond substituents is 1. The molecule has 0 heterocycles. The van der Waals surface area contributed by atoms with Crippen LogP contribution in [0.3, 0.4) is 0 Å². The van der Waals surface area contributed by atoms with Crippen molar-refractivity contribution in [1.29, 1.82) is 0 Å². The largest absolute Gasteiger partial charge is 0.505 e. The monoisotopic (exact) mass is 737 g/mol. The number of nitrogens with zero attached hydrogens (tertiary/aromatic N) is 4. The van der Waals surface area contributed by atoms with E-state index in [0.717, 1.165) is 42.5 Å². The van der Waals surface area contributed by atoms with E-state index in [2.05, 4.69) is 20.5 Å². The Balaban J connectivity index is 1.67. The highest BCUT2D eigenvalue weighted by Crippen LogP contribution is 2.44. The second-order valence-electron chi connectivity index (χ2n) is 9.79. The molecule has 5 aromatic rings. The lowest BCUT2D eigenvalue weighted by Gasteiger charge is -2.11. The average molecular weight is 738 g/mol. The number of nitrogens with two attached hydrogens (primary N) is 1. The summed E-state index contributed by atoms with van der Waals surface area (Å²) in [6, 6.07) is 12.8. The maximum Gasteiger partial charge on any atom is 0.296 e. The quantitative estimate of drug-likeness (QED) is 0.0686. The minimum absolute atomic E-state index is 0.00518. The molecule has 0 saturated heterocycles. The van der Waals surface area contributed by atoms with Crippen molar-refractivity contribution in [3.05, 3.63) is 72.8 Å². The third kappa shape index (κ3) is 6.99. The molecule has 0 aliphatic rings. The van der Waals surface area contributed by atoms with E-state index in [0.29, 0.717) is 0 Å². The van der Waals surface area contributed by atoms with Crippen molar-refractivity contribution in [2.45, 2.75) is 19.6 Å². The summed E-state index contributed by atoms with van der Waals surface area (Å²) in [5.74, 6) is -0.902. The molecule has 250 valence electrons. The maximum absolute atomic E-state index is 12.3. The van der Waals surface area contributed by atoms with Crippen LogP contribution in [0.15, 0.2) is 113 Å². The van der Waals surface area contributed by atoms with Gasteiger partial charge in [0.15, 0.2) is 5.75 Å². The Hall–Kier alpha value is -4.94. The summed E-state index contributed by atoms with van der Waals surface area (Å²) in [5, 5.41) is 26.4. The lowest BCUT2D eigenvalue weighted by Crippen LogP contribution is -2.04. The van der Waals surface area contributed by atoms with Crippen molar-refractivity contribution < 1.29 is 57.0 Å². The van der Waals surface area contributed by atoms with Gasteiger partial charge in [-0.05, 0) is 72.1 Å². The number of fused-ring (bicyclic) bond motifs is 2. The predicted molar refractivity (Wildman–Crippen MR) is 168 cm³/mol. The molecular formula is C26H19N5O13S4. The fourth-order valence-corrected chi connectivity index (χ4v) is 6.72. The zero-order chi connectivity index (χ0) is 35.4. The van der Waals surface area contributed by atoms with E-state index in [9.17, 15) is 52.4 Å². The summed E-state index contributed by atoms with van der Waals surface area (Å²) >= 11 is 0. The number of nitrogen functional groups attached to an aromatic ring is 1. The van der Waals surface area contributed by atoms with Gasteiger partial charge in [0.05, 0.1) is 32.5 Å². The van der Waals surface area contributed by atoms with E-state index in [1.165, 1.54) is 30.3 Å². The molecule has 0 aliphatic carbocycles. The fraction of sp³-hybridized carbons (Fsp3) is 0. The van der Waals surface area contributed by atoms with Crippen molar-refractivity contribution in [3.8, 4) is 5.75 Å². The highest BCUT2D eigenvalue weighted by atomic mass is 32.2. The van der Waals surface area contributed by atoms with Gasteiger partial charge < -0.3 is 10.8 Å². The van der Waals surface area contributed by atoms with Gasteiger partial charge in [0.25, 0.3) is 40.5 Å². The normalized spacial score (nSPS) is 13.2. The molecule has 0 fully saturated rings. The number of rotatable bonds is 8. The van der Waals surface area contributed by atoms with Crippen molar-refractivity contribution in [3.63, 3.8) is 0 Å². The standard InChI is InChI=1S/C26H19N5O13S4/c27-20-12-18-13(9-23(20)47(39,40)41)10-24(48(42,43)44)25(26(18)32)31-30-21-7-8-22(19-11-16(46(36,37)38)5-6-17(19)21)29-28-14-1-3-15(4-2-14)45(33,34)35/h1-12,32H,27H2,(H,33,34,35)(H,36,37,38)(H,39,40,41)(H,42,43,44). The number of hydrogen-bond donors (Lipinski definition) is 6. The topological polar surface area (TPSA) is 313 Å². The maximum atomic E-state index is 12.3. The number of aromatic hydroxyl groups is 1. The SMILES string of the molecule is Nc1cc2c(O)c(N=Nc3ccc(N=Nc4ccc(S(=O)(=O)O)cc4)c4cc(S(=O)(=O)O)ccc34)c(S(=O)(=O)O)cc2cc1S(=O)(=O)O. The molecule has 18 nitrogen and oxygen atoms in total. The Labute approximate surface area is 270 Å². The molecule has 22 heteroatoms. The van der Waals surface area contributed by atoms with Crippen LogP contribution >= 0.6 is 0 Å². The van der Waals surface area contributed by atoms with Crippen LogP contribution in [0.1, 0.15) is 0 Å². The molecule has 0 bridgehead atoms. The Morgan fingerprint density at radius 1 is 0.500 bits per heavy atom. The average Bonchev–Trinajstić information content (AvgIpc) is 2.97. The Bertz CT molecular complexity index is 2680. The summed E-state index contributed by atoms with van der Waals surface area (Å²) in [6.07, 6.45) is 0. The van der Waals surface area contributed by atoms with Gasteiger partial charge in [-0.15, -0.1) is 15.3 Å². The third-order valence-electron chi connectivity index (χ3n) is 6.64. The molecule has 0 radical (unpaired) electrons. The van der Waals surface area contributed by atoms with E-state index in [1.54, 1.807) is 0 Å². The third-order valence-corrected chi connectivity index (χ3v) is 10.1. The highest BCUT2D eigenvalue weighted by Gasteiger charge is 2.25. The van der Waals surface area contributed by atoms with Gasteiger partial charge in [-0.1, -0.05) is 6.07 Å². The zero-order valence-corrected chi connectivity index (χ0v) is 26.7. The summed E-state index contributed by atoms with van der Waals surface area (Å²) in [7, 11) is -19.2.